The van der Waals surface area contributed by atoms with Crippen LogP contribution in [0, 0.1) is 5.41 Å². The Labute approximate surface area is 65.0 Å². The van der Waals surface area contributed by atoms with Crippen LogP contribution in [0.25, 0.3) is 0 Å². The first-order valence-corrected chi connectivity index (χ1v) is 4.38. The summed E-state index contributed by atoms with van der Waals surface area (Å²) in [6.07, 6.45) is 5.03. The van der Waals surface area contributed by atoms with Gasteiger partial charge in [-0.05, 0) is 24.8 Å². The van der Waals surface area contributed by atoms with Gasteiger partial charge in [0.05, 0.1) is 0 Å². The molecule has 0 saturated carbocycles. The third kappa shape index (κ3) is 3.21. The zero-order valence-corrected chi connectivity index (χ0v) is 7.61. The largest absolute Gasteiger partial charge is 0.330 e. The highest BCUT2D eigenvalue weighted by Crippen LogP contribution is 2.30. The van der Waals surface area contributed by atoms with Gasteiger partial charge in [0.2, 0.25) is 0 Å². The molecule has 0 heterocycles. The smallest absolute Gasteiger partial charge is 0.00771 e. The van der Waals surface area contributed by atoms with Crippen LogP contribution in [-0.2, 0) is 0 Å². The molecule has 0 aliphatic heterocycles. The van der Waals surface area contributed by atoms with E-state index in [-0.39, 0.29) is 0 Å². The van der Waals surface area contributed by atoms with Crippen LogP contribution >= 0.6 is 0 Å². The maximum atomic E-state index is 5.45. The summed E-state index contributed by atoms with van der Waals surface area (Å²) < 4.78 is 0. The van der Waals surface area contributed by atoms with Gasteiger partial charge in [0.1, 0.15) is 0 Å². The van der Waals surface area contributed by atoms with Crippen molar-refractivity contribution in [3.8, 4) is 0 Å². The minimum Gasteiger partial charge on any atom is -0.330 e. The van der Waals surface area contributed by atoms with E-state index in [2.05, 4.69) is 20.8 Å². The Bertz CT molecular complexity index is 74.8. The zero-order valence-electron chi connectivity index (χ0n) is 7.61. The van der Waals surface area contributed by atoms with Crippen molar-refractivity contribution in [3.63, 3.8) is 0 Å². The molecule has 0 atom stereocenters. The summed E-state index contributed by atoms with van der Waals surface area (Å²) in [6, 6.07) is 0. The summed E-state index contributed by atoms with van der Waals surface area (Å²) in [4.78, 5) is 0. The average Bonchev–Trinajstić information content (AvgIpc) is 2.00. The van der Waals surface area contributed by atoms with Crippen molar-refractivity contribution < 1.29 is 0 Å². The Hall–Kier alpha value is -0.0400. The van der Waals surface area contributed by atoms with Gasteiger partial charge >= 0.3 is 0 Å². The summed E-state index contributed by atoms with van der Waals surface area (Å²) >= 11 is 0. The van der Waals surface area contributed by atoms with Crippen LogP contribution in [0.3, 0.4) is 0 Å². The number of nitrogens with two attached hydrogens (primary N) is 1. The maximum Gasteiger partial charge on any atom is -0.00771 e. The topological polar surface area (TPSA) is 26.0 Å². The molecule has 10 heavy (non-hydrogen) atoms. The second kappa shape index (κ2) is 4.73. The highest BCUT2D eigenvalue weighted by Gasteiger charge is 2.17. The van der Waals surface area contributed by atoms with E-state index in [1.807, 2.05) is 0 Å². The molecule has 0 unspecified atom stereocenters. The van der Waals surface area contributed by atoms with E-state index in [1.54, 1.807) is 0 Å². The van der Waals surface area contributed by atoms with E-state index in [0.29, 0.717) is 5.41 Å². The molecule has 2 N–H and O–H groups in total. The molecule has 62 valence electrons. The van der Waals surface area contributed by atoms with Crippen LogP contribution < -0.4 is 5.73 Å². The molecule has 0 bridgehead atoms. The summed E-state index contributed by atoms with van der Waals surface area (Å²) in [5.41, 5.74) is 6.00. The third-order valence-corrected chi connectivity index (χ3v) is 2.69. The molecule has 0 amide bonds. The Kier molecular flexibility index (Phi) is 4.71. The van der Waals surface area contributed by atoms with E-state index >= 15 is 0 Å². The summed E-state index contributed by atoms with van der Waals surface area (Å²) in [5.74, 6) is 0. The lowest BCUT2D eigenvalue weighted by Crippen LogP contribution is -2.15. The normalized spacial score (nSPS) is 12.0. The van der Waals surface area contributed by atoms with E-state index in [4.69, 9.17) is 5.73 Å². The van der Waals surface area contributed by atoms with Gasteiger partial charge < -0.3 is 5.73 Å². The molecular formula is C9H21N. The van der Waals surface area contributed by atoms with E-state index in [1.165, 1.54) is 25.7 Å². The van der Waals surface area contributed by atoms with Gasteiger partial charge in [-0.1, -0.05) is 33.6 Å². The summed E-state index contributed by atoms with van der Waals surface area (Å²) in [7, 11) is 0. The Morgan fingerprint density at radius 3 is 2.00 bits per heavy atom. The lowest BCUT2D eigenvalue weighted by molar-refractivity contribution is 0.267. The van der Waals surface area contributed by atoms with Gasteiger partial charge in [0.25, 0.3) is 0 Å². The molecule has 0 radical (unpaired) electrons. The van der Waals surface area contributed by atoms with Crippen LogP contribution in [0.15, 0.2) is 0 Å². The summed E-state index contributed by atoms with van der Waals surface area (Å²) in [6.45, 7) is 7.72. The van der Waals surface area contributed by atoms with Crippen molar-refractivity contribution in [2.75, 3.05) is 6.54 Å². The maximum absolute atomic E-state index is 5.45. The van der Waals surface area contributed by atoms with Crippen LogP contribution in [0.4, 0.5) is 0 Å². The van der Waals surface area contributed by atoms with E-state index in [9.17, 15) is 0 Å². The van der Waals surface area contributed by atoms with Gasteiger partial charge in [0, 0.05) is 0 Å². The van der Waals surface area contributed by atoms with Crippen molar-refractivity contribution in [1.29, 1.82) is 0 Å². The predicted molar refractivity (Wildman–Crippen MR) is 47.0 cm³/mol. The molecule has 0 saturated heterocycles. The Balaban J connectivity index is 3.58. The molecule has 0 aromatic carbocycles. The van der Waals surface area contributed by atoms with Crippen LogP contribution in [0.1, 0.15) is 46.5 Å². The lowest BCUT2D eigenvalue weighted by Gasteiger charge is -2.26. The first-order valence-electron chi connectivity index (χ1n) is 4.38. The monoisotopic (exact) mass is 143 g/mol. The molecule has 0 aliphatic carbocycles. The zero-order chi connectivity index (χ0) is 8.04. The van der Waals surface area contributed by atoms with Crippen molar-refractivity contribution in [1.82, 2.24) is 0 Å². The molecule has 1 nitrogen and oxygen atoms in total. The predicted octanol–water partition coefficient (Wildman–Crippen LogP) is 2.55. The van der Waals surface area contributed by atoms with Gasteiger partial charge in [-0.3, -0.25) is 0 Å². The van der Waals surface area contributed by atoms with Crippen molar-refractivity contribution in [3.05, 3.63) is 0 Å². The van der Waals surface area contributed by atoms with Gasteiger partial charge in [-0.25, -0.2) is 0 Å². The average molecular weight is 143 g/mol. The van der Waals surface area contributed by atoms with Gasteiger partial charge in [0.15, 0.2) is 0 Å². The van der Waals surface area contributed by atoms with Crippen molar-refractivity contribution in [2.24, 2.45) is 11.1 Å². The first-order chi connectivity index (χ1) is 4.68. The molecule has 1 heteroatoms. The minimum absolute atomic E-state index is 0.555. The van der Waals surface area contributed by atoms with E-state index in [0.717, 1.165) is 6.54 Å². The van der Waals surface area contributed by atoms with Crippen LogP contribution in [0.5, 0.6) is 0 Å². The van der Waals surface area contributed by atoms with E-state index < -0.39 is 0 Å². The van der Waals surface area contributed by atoms with Gasteiger partial charge in [-0.2, -0.15) is 0 Å². The molecule has 0 aromatic rings. The number of hydrogen-bond donors (Lipinski definition) is 1. The standard InChI is InChI=1S/C9H21N/c1-4-9(3,5-2)7-6-8-10/h4-8,10H2,1-3H3. The molecule has 0 rings (SSSR count). The van der Waals surface area contributed by atoms with Crippen molar-refractivity contribution >= 4 is 0 Å². The van der Waals surface area contributed by atoms with Crippen LogP contribution in [0.2, 0.25) is 0 Å². The minimum atomic E-state index is 0.555. The Morgan fingerprint density at radius 1 is 1.20 bits per heavy atom. The SMILES string of the molecule is CCC(C)(CC)CCCN. The first kappa shape index (κ1) is 9.96. The molecule has 0 spiro atoms. The lowest BCUT2D eigenvalue weighted by atomic mass is 9.80. The molecule has 0 fully saturated rings. The number of hydrogen-bond acceptors (Lipinski definition) is 1. The number of rotatable bonds is 5. The highest BCUT2D eigenvalue weighted by molar-refractivity contribution is 4.70. The Morgan fingerprint density at radius 2 is 1.70 bits per heavy atom. The van der Waals surface area contributed by atoms with Crippen LogP contribution in [-0.4, -0.2) is 6.54 Å². The van der Waals surface area contributed by atoms with Crippen molar-refractivity contribution in [2.45, 2.75) is 46.5 Å². The fourth-order valence-corrected chi connectivity index (χ4v) is 1.13. The third-order valence-electron chi connectivity index (χ3n) is 2.69. The second-order valence-corrected chi connectivity index (χ2v) is 3.41. The molecule has 0 aliphatic rings. The van der Waals surface area contributed by atoms with Gasteiger partial charge in [-0.15, -0.1) is 0 Å². The summed E-state index contributed by atoms with van der Waals surface area (Å²) in [5, 5.41) is 0. The molecule has 0 aromatic heterocycles. The fourth-order valence-electron chi connectivity index (χ4n) is 1.13. The molecular weight excluding hydrogens is 122 g/mol. The highest BCUT2D eigenvalue weighted by atomic mass is 14.5. The fraction of sp³-hybridized carbons (Fsp3) is 1.00. The quantitative estimate of drug-likeness (QED) is 0.629. The second-order valence-electron chi connectivity index (χ2n) is 3.41.